The van der Waals surface area contributed by atoms with Gasteiger partial charge in [-0.1, -0.05) is 19.1 Å². The number of rotatable bonds is 7. The number of aliphatic imine (C=N–C) groups is 1. The Bertz CT molecular complexity index is 549. The van der Waals surface area contributed by atoms with Gasteiger partial charge in [-0.05, 0) is 44.5 Å². The molecule has 1 saturated heterocycles. The van der Waals surface area contributed by atoms with Crippen LogP contribution < -0.4 is 10.1 Å². The molecule has 6 heteroatoms. The number of halogens is 1. The van der Waals surface area contributed by atoms with Gasteiger partial charge in [-0.3, -0.25) is 4.99 Å². The summed E-state index contributed by atoms with van der Waals surface area (Å²) in [5.74, 6) is 2.50. The largest absolute Gasteiger partial charge is 0.497 e. The van der Waals surface area contributed by atoms with Crippen molar-refractivity contribution in [1.29, 1.82) is 0 Å². The van der Waals surface area contributed by atoms with E-state index >= 15 is 0 Å². The molecule has 1 heterocycles. The van der Waals surface area contributed by atoms with Gasteiger partial charge in [0.2, 0.25) is 0 Å². The second-order valence-electron chi connectivity index (χ2n) is 6.92. The quantitative estimate of drug-likeness (QED) is 0.374. The maximum Gasteiger partial charge on any atom is 0.193 e. The third-order valence-electron chi connectivity index (χ3n) is 5.38. The van der Waals surface area contributed by atoms with E-state index in [2.05, 4.69) is 65.3 Å². The second-order valence-corrected chi connectivity index (χ2v) is 6.92. The SMILES string of the molecule is CCC(C)N(C)CCNC(=NC)N1CCC(c2ccc(OC)cc2)C1.I. The lowest BCUT2D eigenvalue weighted by atomic mass is 9.98. The van der Waals surface area contributed by atoms with Gasteiger partial charge in [0.05, 0.1) is 7.11 Å². The predicted molar refractivity (Wildman–Crippen MR) is 121 cm³/mol. The number of guanidine groups is 1. The molecule has 26 heavy (non-hydrogen) atoms. The number of ether oxygens (including phenoxy) is 1. The minimum absolute atomic E-state index is 0. The number of methoxy groups -OCH3 is 1. The van der Waals surface area contributed by atoms with Crippen molar-refractivity contribution in [3.63, 3.8) is 0 Å². The summed E-state index contributed by atoms with van der Waals surface area (Å²) in [4.78, 5) is 9.25. The van der Waals surface area contributed by atoms with E-state index in [4.69, 9.17) is 4.74 Å². The number of benzene rings is 1. The summed E-state index contributed by atoms with van der Waals surface area (Å²) in [5, 5.41) is 3.53. The summed E-state index contributed by atoms with van der Waals surface area (Å²) in [5.41, 5.74) is 1.38. The minimum atomic E-state index is 0. The topological polar surface area (TPSA) is 40.1 Å². The number of likely N-dealkylation sites (N-methyl/N-ethyl adjacent to an activating group) is 1. The van der Waals surface area contributed by atoms with Crippen molar-refractivity contribution in [3.8, 4) is 5.75 Å². The van der Waals surface area contributed by atoms with Crippen LogP contribution in [0.5, 0.6) is 5.75 Å². The van der Waals surface area contributed by atoms with Crippen LogP contribution in [0.2, 0.25) is 0 Å². The molecule has 5 nitrogen and oxygen atoms in total. The number of likely N-dealkylation sites (tertiary alicyclic amines) is 1. The molecule has 0 bridgehead atoms. The van der Waals surface area contributed by atoms with Gasteiger partial charge in [-0.15, -0.1) is 24.0 Å². The molecule has 2 unspecified atom stereocenters. The summed E-state index contributed by atoms with van der Waals surface area (Å²) < 4.78 is 5.25. The van der Waals surface area contributed by atoms with Crippen LogP contribution in [-0.4, -0.2) is 69.2 Å². The number of hydrogen-bond donors (Lipinski definition) is 1. The van der Waals surface area contributed by atoms with Crippen LogP contribution in [0.3, 0.4) is 0 Å². The first-order valence-electron chi connectivity index (χ1n) is 9.38. The Morgan fingerprint density at radius 2 is 2.08 bits per heavy atom. The lowest BCUT2D eigenvalue weighted by molar-refractivity contribution is 0.255. The first-order chi connectivity index (χ1) is 12.1. The highest BCUT2D eigenvalue weighted by Gasteiger charge is 2.26. The zero-order valence-electron chi connectivity index (χ0n) is 16.9. The fourth-order valence-electron chi connectivity index (χ4n) is 3.31. The Hall–Kier alpha value is -1.02. The molecule has 2 rings (SSSR count). The molecule has 1 aromatic carbocycles. The van der Waals surface area contributed by atoms with E-state index in [0.717, 1.165) is 37.9 Å². The molecule has 0 spiro atoms. The van der Waals surface area contributed by atoms with Gasteiger partial charge in [0.1, 0.15) is 5.75 Å². The van der Waals surface area contributed by atoms with Crippen molar-refractivity contribution in [3.05, 3.63) is 29.8 Å². The fourth-order valence-corrected chi connectivity index (χ4v) is 3.31. The second kappa shape index (κ2) is 11.6. The van der Waals surface area contributed by atoms with Crippen LogP contribution >= 0.6 is 24.0 Å². The van der Waals surface area contributed by atoms with Gasteiger partial charge >= 0.3 is 0 Å². The average molecular weight is 474 g/mol. The number of nitrogens with one attached hydrogen (secondary N) is 1. The summed E-state index contributed by atoms with van der Waals surface area (Å²) >= 11 is 0. The fraction of sp³-hybridized carbons (Fsp3) is 0.650. The van der Waals surface area contributed by atoms with Crippen LogP contribution in [0, 0.1) is 0 Å². The molecule has 1 aromatic rings. The normalized spacial score (nSPS) is 18.6. The third kappa shape index (κ3) is 6.30. The van der Waals surface area contributed by atoms with Gasteiger partial charge in [0.15, 0.2) is 5.96 Å². The van der Waals surface area contributed by atoms with Crippen molar-refractivity contribution >= 4 is 29.9 Å². The van der Waals surface area contributed by atoms with Crippen molar-refractivity contribution < 1.29 is 4.74 Å². The van der Waals surface area contributed by atoms with E-state index in [1.54, 1.807) is 7.11 Å². The molecule has 1 aliphatic heterocycles. The zero-order chi connectivity index (χ0) is 18.2. The smallest absolute Gasteiger partial charge is 0.193 e. The maximum absolute atomic E-state index is 5.25. The van der Waals surface area contributed by atoms with E-state index in [1.165, 1.54) is 18.4 Å². The lowest BCUT2D eigenvalue weighted by Gasteiger charge is -2.26. The van der Waals surface area contributed by atoms with E-state index in [1.807, 2.05) is 7.05 Å². The molecule has 1 fully saturated rings. The molecule has 1 N–H and O–H groups in total. The molecule has 0 aromatic heterocycles. The Labute approximate surface area is 176 Å². The Kier molecular flexibility index (Phi) is 10.3. The summed E-state index contributed by atoms with van der Waals surface area (Å²) in [6.45, 7) is 8.54. The highest BCUT2D eigenvalue weighted by molar-refractivity contribution is 14.0. The molecule has 0 saturated carbocycles. The highest BCUT2D eigenvalue weighted by atomic mass is 127. The van der Waals surface area contributed by atoms with E-state index < -0.39 is 0 Å². The van der Waals surface area contributed by atoms with Crippen LogP contribution in [0.4, 0.5) is 0 Å². The van der Waals surface area contributed by atoms with Gasteiger partial charge in [-0.25, -0.2) is 0 Å². The Balaban J connectivity index is 0.00000338. The molecular weight excluding hydrogens is 439 g/mol. The van der Waals surface area contributed by atoms with Crippen LogP contribution in [0.15, 0.2) is 29.3 Å². The van der Waals surface area contributed by atoms with Crippen molar-refractivity contribution in [2.24, 2.45) is 4.99 Å². The molecule has 0 aliphatic carbocycles. The van der Waals surface area contributed by atoms with Crippen LogP contribution in [0.25, 0.3) is 0 Å². The van der Waals surface area contributed by atoms with E-state index in [0.29, 0.717) is 12.0 Å². The molecule has 0 radical (unpaired) electrons. The van der Waals surface area contributed by atoms with Gasteiger partial charge < -0.3 is 19.9 Å². The van der Waals surface area contributed by atoms with Crippen molar-refractivity contribution in [2.45, 2.75) is 38.6 Å². The first-order valence-corrected chi connectivity index (χ1v) is 9.38. The number of nitrogens with zero attached hydrogens (tertiary/aromatic N) is 3. The monoisotopic (exact) mass is 474 g/mol. The zero-order valence-corrected chi connectivity index (χ0v) is 19.2. The van der Waals surface area contributed by atoms with Crippen molar-refractivity contribution in [2.75, 3.05) is 47.4 Å². The molecule has 148 valence electrons. The standard InChI is InChI=1S/C20H34N4O.HI/c1-6-16(2)23(4)14-12-22-20(21-3)24-13-11-18(15-24)17-7-9-19(25-5)10-8-17;/h7-10,16,18H,6,11-15H2,1-5H3,(H,21,22);1H. The number of hydrogen-bond acceptors (Lipinski definition) is 3. The predicted octanol–water partition coefficient (Wildman–Crippen LogP) is 3.41. The van der Waals surface area contributed by atoms with Crippen molar-refractivity contribution in [1.82, 2.24) is 15.1 Å². The third-order valence-corrected chi connectivity index (χ3v) is 5.38. The molecule has 1 aliphatic rings. The average Bonchev–Trinajstić information content (AvgIpc) is 3.14. The maximum atomic E-state index is 5.25. The highest BCUT2D eigenvalue weighted by Crippen LogP contribution is 2.28. The minimum Gasteiger partial charge on any atom is -0.497 e. The molecule has 0 amide bonds. The van der Waals surface area contributed by atoms with Gasteiger partial charge in [-0.2, -0.15) is 0 Å². The Morgan fingerprint density at radius 1 is 1.38 bits per heavy atom. The first kappa shape index (κ1) is 23.0. The summed E-state index contributed by atoms with van der Waals surface area (Å²) in [6, 6.07) is 9.09. The van der Waals surface area contributed by atoms with Crippen LogP contribution in [-0.2, 0) is 0 Å². The van der Waals surface area contributed by atoms with E-state index in [9.17, 15) is 0 Å². The summed E-state index contributed by atoms with van der Waals surface area (Å²) in [7, 11) is 5.77. The van der Waals surface area contributed by atoms with Gasteiger partial charge in [0.25, 0.3) is 0 Å². The summed E-state index contributed by atoms with van der Waals surface area (Å²) in [6.07, 6.45) is 2.35. The molecular formula is C20H35IN4O. The van der Waals surface area contributed by atoms with E-state index in [-0.39, 0.29) is 24.0 Å². The van der Waals surface area contributed by atoms with Gasteiger partial charge in [0, 0.05) is 45.2 Å². The Morgan fingerprint density at radius 3 is 2.65 bits per heavy atom. The van der Waals surface area contributed by atoms with Crippen LogP contribution in [0.1, 0.15) is 38.2 Å². The molecule has 2 atom stereocenters. The lowest BCUT2D eigenvalue weighted by Crippen LogP contribution is -2.43.